The minimum absolute atomic E-state index is 1.08. The molecule has 0 radical (unpaired) electrons. The zero-order valence-corrected chi connectivity index (χ0v) is 10.1. The Hall–Kier alpha value is -1.18. The predicted octanol–water partition coefficient (Wildman–Crippen LogP) is 3.35. The molecule has 2 nitrogen and oxygen atoms in total. The maximum atomic E-state index is 3.43. The molecule has 1 N–H and O–H groups in total. The molecule has 1 rings (SSSR count). The van der Waals surface area contributed by atoms with E-state index >= 15 is 0 Å². The Kier molecular flexibility index (Phi) is 5.02. The lowest BCUT2D eigenvalue weighted by Gasteiger charge is -2.13. The molecule has 1 aromatic carbocycles. The van der Waals surface area contributed by atoms with E-state index in [4.69, 9.17) is 0 Å². The number of nitrogens with zero attached hydrogens (tertiary/aromatic N) is 1. The highest BCUT2D eigenvalue weighted by Crippen LogP contribution is 2.15. The summed E-state index contributed by atoms with van der Waals surface area (Å²) in [6.45, 7) is 3.31. The third-order valence-electron chi connectivity index (χ3n) is 2.49. The van der Waals surface area contributed by atoms with Gasteiger partial charge in [0.15, 0.2) is 0 Å². The fraction of sp³-hybridized carbons (Fsp3) is 0.538. The normalized spacial score (nSPS) is 10.1. The zero-order chi connectivity index (χ0) is 11.1. The quantitative estimate of drug-likeness (QED) is 0.718. The van der Waals surface area contributed by atoms with Crippen LogP contribution in [0, 0.1) is 0 Å². The number of unbranched alkanes of at least 4 members (excludes halogenated alkanes) is 2. The minimum atomic E-state index is 1.08. The van der Waals surface area contributed by atoms with Crippen LogP contribution < -0.4 is 10.2 Å². The third kappa shape index (κ3) is 4.24. The molecule has 0 spiro atoms. The predicted molar refractivity (Wildman–Crippen MR) is 68.8 cm³/mol. The maximum absolute atomic E-state index is 3.43. The van der Waals surface area contributed by atoms with E-state index in [1.807, 2.05) is 0 Å². The van der Waals surface area contributed by atoms with Crippen molar-refractivity contribution in [2.75, 3.05) is 30.9 Å². The molecule has 15 heavy (non-hydrogen) atoms. The Bertz CT molecular complexity index is 264. The van der Waals surface area contributed by atoms with Gasteiger partial charge in [0.25, 0.3) is 0 Å². The molecule has 0 saturated heterocycles. The lowest BCUT2D eigenvalue weighted by Crippen LogP contribution is -2.08. The molecule has 0 aromatic heterocycles. The summed E-state index contributed by atoms with van der Waals surface area (Å²) in [5.41, 5.74) is 2.46. The van der Waals surface area contributed by atoms with Crippen LogP contribution in [0.2, 0.25) is 0 Å². The molecule has 0 heterocycles. The van der Waals surface area contributed by atoms with Crippen molar-refractivity contribution in [2.45, 2.75) is 26.2 Å². The van der Waals surface area contributed by atoms with Crippen LogP contribution in [0.15, 0.2) is 24.3 Å². The molecular formula is C13H22N2. The number of benzene rings is 1. The highest BCUT2D eigenvalue weighted by molar-refractivity contribution is 5.54. The second kappa shape index (κ2) is 6.33. The number of rotatable bonds is 6. The monoisotopic (exact) mass is 206 g/mol. The van der Waals surface area contributed by atoms with E-state index in [9.17, 15) is 0 Å². The Morgan fingerprint density at radius 1 is 1.07 bits per heavy atom. The molecule has 0 unspecified atom stereocenters. The molecule has 2 heteroatoms. The number of hydrogen-bond donors (Lipinski definition) is 1. The van der Waals surface area contributed by atoms with Crippen molar-refractivity contribution in [3.05, 3.63) is 24.3 Å². The average molecular weight is 206 g/mol. The van der Waals surface area contributed by atoms with E-state index in [1.165, 1.54) is 30.6 Å². The third-order valence-corrected chi connectivity index (χ3v) is 2.49. The van der Waals surface area contributed by atoms with Gasteiger partial charge in [0.1, 0.15) is 0 Å². The lowest BCUT2D eigenvalue weighted by atomic mass is 10.2. The van der Waals surface area contributed by atoms with Crippen molar-refractivity contribution in [3.63, 3.8) is 0 Å². The maximum Gasteiger partial charge on any atom is 0.0362 e. The molecule has 0 atom stereocenters. The van der Waals surface area contributed by atoms with E-state index in [0.29, 0.717) is 0 Å². The van der Waals surface area contributed by atoms with Gasteiger partial charge in [-0.05, 0) is 30.7 Å². The summed E-state index contributed by atoms with van der Waals surface area (Å²) in [6.07, 6.45) is 3.84. The topological polar surface area (TPSA) is 15.3 Å². The van der Waals surface area contributed by atoms with Gasteiger partial charge >= 0.3 is 0 Å². The van der Waals surface area contributed by atoms with E-state index < -0.39 is 0 Å². The summed E-state index contributed by atoms with van der Waals surface area (Å²) >= 11 is 0. The van der Waals surface area contributed by atoms with Crippen molar-refractivity contribution in [2.24, 2.45) is 0 Å². The SMILES string of the molecule is CCCCCNc1ccc(N(C)C)cc1. The van der Waals surface area contributed by atoms with E-state index in [-0.39, 0.29) is 0 Å². The van der Waals surface area contributed by atoms with Gasteiger partial charge in [-0.3, -0.25) is 0 Å². The zero-order valence-electron chi connectivity index (χ0n) is 10.1. The van der Waals surface area contributed by atoms with Crippen LogP contribution in [0.1, 0.15) is 26.2 Å². The van der Waals surface area contributed by atoms with E-state index in [1.54, 1.807) is 0 Å². The van der Waals surface area contributed by atoms with E-state index in [2.05, 4.69) is 55.5 Å². The Morgan fingerprint density at radius 2 is 1.73 bits per heavy atom. The number of anilines is 2. The van der Waals surface area contributed by atoms with Crippen molar-refractivity contribution < 1.29 is 0 Å². The molecule has 0 aliphatic carbocycles. The Labute approximate surface area is 93.3 Å². The van der Waals surface area contributed by atoms with Gasteiger partial charge in [-0.1, -0.05) is 19.8 Å². The summed E-state index contributed by atoms with van der Waals surface area (Å²) in [5, 5.41) is 3.43. The van der Waals surface area contributed by atoms with E-state index in [0.717, 1.165) is 6.54 Å². The minimum Gasteiger partial charge on any atom is -0.385 e. The van der Waals surface area contributed by atoms with Crippen LogP contribution in [0.4, 0.5) is 11.4 Å². The highest BCUT2D eigenvalue weighted by Gasteiger charge is 1.95. The van der Waals surface area contributed by atoms with Crippen molar-refractivity contribution in [1.82, 2.24) is 0 Å². The summed E-state index contributed by atoms with van der Waals surface area (Å²) in [4.78, 5) is 2.11. The van der Waals surface area contributed by atoms with Gasteiger partial charge in [0, 0.05) is 32.0 Å². The standard InChI is InChI=1S/C13H22N2/c1-4-5-6-11-14-12-7-9-13(10-8-12)15(2)3/h7-10,14H,4-6,11H2,1-3H3. The Balaban J connectivity index is 2.36. The largest absolute Gasteiger partial charge is 0.385 e. The number of nitrogens with one attached hydrogen (secondary N) is 1. The molecule has 0 amide bonds. The first kappa shape index (κ1) is 11.9. The smallest absolute Gasteiger partial charge is 0.0362 e. The van der Waals surface area contributed by atoms with Crippen LogP contribution >= 0.6 is 0 Å². The second-order valence-corrected chi connectivity index (χ2v) is 4.08. The van der Waals surface area contributed by atoms with Gasteiger partial charge in [0.05, 0.1) is 0 Å². The first-order chi connectivity index (χ1) is 7.24. The van der Waals surface area contributed by atoms with Crippen LogP contribution in [0.3, 0.4) is 0 Å². The van der Waals surface area contributed by atoms with Gasteiger partial charge in [0.2, 0.25) is 0 Å². The first-order valence-electron chi connectivity index (χ1n) is 5.75. The summed E-state index contributed by atoms with van der Waals surface area (Å²) in [5.74, 6) is 0. The van der Waals surface area contributed by atoms with Crippen LogP contribution in [-0.2, 0) is 0 Å². The van der Waals surface area contributed by atoms with Crippen molar-refractivity contribution in [1.29, 1.82) is 0 Å². The van der Waals surface area contributed by atoms with Crippen LogP contribution in [0.25, 0.3) is 0 Å². The molecular weight excluding hydrogens is 184 g/mol. The van der Waals surface area contributed by atoms with Gasteiger partial charge in [-0.25, -0.2) is 0 Å². The van der Waals surface area contributed by atoms with Crippen molar-refractivity contribution >= 4 is 11.4 Å². The van der Waals surface area contributed by atoms with Crippen LogP contribution in [0.5, 0.6) is 0 Å². The van der Waals surface area contributed by atoms with Gasteiger partial charge < -0.3 is 10.2 Å². The Morgan fingerprint density at radius 3 is 2.27 bits per heavy atom. The van der Waals surface area contributed by atoms with Gasteiger partial charge in [-0.2, -0.15) is 0 Å². The first-order valence-corrected chi connectivity index (χ1v) is 5.75. The summed E-state index contributed by atoms with van der Waals surface area (Å²) in [7, 11) is 4.12. The lowest BCUT2D eigenvalue weighted by molar-refractivity contribution is 0.744. The fourth-order valence-corrected chi connectivity index (χ4v) is 1.49. The average Bonchev–Trinajstić information content (AvgIpc) is 2.25. The van der Waals surface area contributed by atoms with Crippen LogP contribution in [-0.4, -0.2) is 20.6 Å². The second-order valence-electron chi connectivity index (χ2n) is 4.08. The number of hydrogen-bond acceptors (Lipinski definition) is 2. The van der Waals surface area contributed by atoms with Crippen molar-refractivity contribution in [3.8, 4) is 0 Å². The molecule has 0 aliphatic heterocycles. The molecule has 84 valence electrons. The fourth-order valence-electron chi connectivity index (χ4n) is 1.49. The molecule has 0 aliphatic rings. The molecule has 0 saturated carbocycles. The molecule has 0 fully saturated rings. The highest BCUT2D eigenvalue weighted by atomic mass is 15.1. The summed E-state index contributed by atoms with van der Waals surface area (Å²) < 4.78 is 0. The van der Waals surface area contributed by atoms with Gasteiger partial charge in [-0.15, -0.1) is 0 Å². The molecule has 1 aromatic rings. The summed E-state index contributed by atoms with van der Waals surface area (Å²) in [6, 6.07) is 8.56. The molecule has 0 bridgehead atoms.